The molecule has 0 aliphatic carbocycles. The molecule has 0 fully saturated rings. The Kier molecular flexibility index (Phi) is 1.69. The summed E-state index contributed by atoms with van der Waals surface area (Å²) in [6, 6.07) is 10.5. The van der Waals surface area contributed by atoms with Crippen LogP contribution in [0.15, 0.2) is 36.1 Å². The molecule has 0 spiro atoms. The molecule has 0 radical (unpaired) electrons. The van der Waals surface area contributed by atoms with E-state index in [0.717, 1.165) is 0 Å². The van der Waals surface area contributed by atoms with Gasteiger partial charge in [0.2, 0.25) is 0 Å². The molecule has 1 aromatic carbocycles. The predicted octanol–water partition coefficient (Wildman–Crippen LogP) is 2.88. The topological polar surface area (TPSA) is 9.23 Å². The summed E-state index contributed by atoms with van der Waals surface area (Å²) < 4.78 is 5.32. The molecule has 0 amide bonds. The number of fused-ring (bicyclic) bond motifs is 1. The van der Waals surface area contributed by atoms with Gasteiger partial charge in [0.1, 0.15) is 0 Å². The third kappa shape index (κ3) is 1.07. The van der Waals surface area contributed by atoms with E-state index in [9.17, 15) is 0 Å². The molecule has 2 heteroatoms. The molecule has 0 N–H and O–H groups in total. The zero-order chi connectivity index (χ0) is 7.68. The van der Waals surface area contributed by atoms with E-state index in [-0.39, 0.29) is 0 Å². The van der Waals surface area contributed by atoms with E-state index >= 15 is 0 Å². The van der Waals surface area contributed by atoms with Gasteiger partial charge in [-0.2, -0.15) is 0 Å². The Morgan fingerprint density at radius 3 is 2.82 bits per heavy atom. The van der Waals surface area contributed by atoms with Crippen molar-refractivity contribution in [1.82, 2.24) is 0 Å². The Bertz CT molecular complexity index is 364. The van der Waals surface area contributed by atoms with Crippen LogP contribution in [0.1, 0.15) is 0 Å². The van der Waals surface area contributed by atoms with E-state index in [2.05, 4.69) is 36.1 Å². The van der Waals surface area contributed by atoms with E-state index < -0.39 is 7.76 Å². The molecule has 2 aromatic rings. The second-order valence-corrected chi connectivity index (χ2v) is 4.18. The van der Waals surface area contributed by atoms with Crippen molar-refractivity contribution in [3.63, 3.8) is 0 Å². The van der Waals surface area contributed by atoms with Gasteiger partial charge in [-0.15, -0.1) is 0 Å². The largest absolute Gasteiger partial charge is 0.335 e. The monoisotopic (exact) mass is 164 g/mol. The Morgan fingerprint density at radius 2 is 2.00 bits per heavy atom. The van der Waals surface area contributed by atoms with Crippen molar-refractivity contribution < 1.29 is 4.52 Å². The van der Waals surface area contributed by atoms with E-state index in [0.29, 0.717) is 0 Å². The van der Waals surface area contributed by atoms with Crippen LogP contribution in [-0.2, 0) is 0 Å². The van der Waals surface area contributed by atoms with E-state index in [1.54, 1.807) is 7.11 Å². The summed E-state index contributed by atoms with van der Waals surface area (Å²) in [7, 11) is 1.32. The third-order valence-electron chi connectivity index (χ3n) is 1.76. The summed E-state index contributed by atoms with van der Waals surface area (Å²) in [6.45, 7) is 0. The third-order valence-corrected chi connectivity index (χ3v) is 3.46. The van der Waals surface area contributed by atoms with Gasteiger partial charge in [-0.1, -0.05) is 18.2 Å². The smallest absolute Gasteiger partial charge is 0.0459 e. The van der Waals surface area contributed by atoms with Gasteiger partial charge in [0.05, 0.1) is 0 Å². The molecule has 1 heterocycles. The second kappa shape index (κ2) is 2.69. The van der Waals surface area contributed by atoms with Gasteiger partial charge in [0, 0.05) is 20.0 Å². The van der Waals surface area contributed by atoms with Crippen LogP contribution in [0.5, 0.6) is 0 Å². The minimum atomic E-state index is -0.439. The van der Waals surface area contributed by atoms with Crippen molar-refractivity contribution in [3.05, 3.63) is 36.1 Å². The Balaban J connectivity index is 2.76. The highest BCUT2D eigenvalue weighted by Crippen LogP contribution is 2.35. The summed E-state index contributed by atoms with van der Waals surface area (Å²) in [5.74, 6) is 2.14. The predicted molar refractivity (Wildman–Crippen MR) is 49.2 cm³/mol. The molecule has 0 saturated carbocycles. The molecule has 0 aliphatic rings. The molecule has 0 saturated heterocycles. The van der Waals surface area contributed by atoms with Gasteiger partial charge < -0.3 is 4.52 Å². The first kappa shape index (κ1) is 6.90. The standard InChI is InChI=1S/C9H9OP/c1-10-11-7-6-8-4-2-3-5-9(8)11/h2-7H,1H3. The van der Waals surface area contributed by atoms with Crippen molar-refractivity contribution in [3.8, 4) is 0 Å². The summed E-state index contributed by atoms with van der Waals surface area (Å²) >= 11 is 0. The number of hydrogen-bond acceptors (Lipinski definition) is 1. The maximum Gasteiger partial charge on any atom is 0.0459 e. The quantitative estimate of drug-likeness (QED) is 0.629. The fourth-order valence-corrected chi connectivity index (χ4v) is 2.63. The number of hydrogen-bond donors (Lipinski definition) is 0. The van der Waals surface area contributed by atoms with Crippen LogP contribution in [0, 0.1) is 0 Å². The van der Waals surface area contributed by atoms with Crippen LogP contribution >= 0.6 is 7.76 Å². The summed E-state index contributed by atoms with van der Waals surface area (Å²) in [5, 5.41) is 2.64. The molecule has 0 bridgehead atoms. The van der Waals surface area contributed by atoms with Crippen LogP contribution in [0.3, 0.4) is 0 Å². The van der Waals surface area contributed by atoms with Crippen LogP contribution < -0.4 is 4.52 Å². The lowest BCUT2D eigenvalue weighted by molar-refractivity contribution is 0.557. The average Bonchev–Trinajstić information content (AvgIpc) is 2.47. The fourth-order valence-electron chi connectivity index (χ4n) is 1.22. The molecule has 1 atom stereocenters. The molecule has 11 heavy (non-hydrogen) atoms. The van der Waals surface area contributed by atoms with Gasteiger partial charge in [0.15, 0.2) is 0 Å². The molecule has 56 valence electrons. The van der Waals surface area contributed by atoms with Gasteiger partial charge in [-0.25, -0.2) is 0 Å². The molecular weight excluding hydrogens is 155 g/mol. The van der Waals surface area contributed by atoms with E-state index in [1.165, 1.54) is 10.5 Å². The van der Waals surface area contributed by atoms with Crippen molar-refractivity contribution in [2.24, 2.45) is 0 Å². The van der Waals surface area contributed by atoms with Crippen LogP contribution in [-0.4, -0.2) is 7.11 Å². The highest BCUT2D eigenvalue weighted by molar-refractivity contribution is 7.50. The van der Waals surface area contributed by atoms with Crippen LogP contribution in [0.25, 0.3) is 10.5 Å². The van der Waals surface area contributed by atoms with Crippen molar-refractivity contribution in [2.75, 3.05) is 7.11 Å². The number of rotatable bonds is 1. The molecule has 1 unspecified atom stereocenters. The summed E-state index contributed by atoms with van der Waals surface area (Å²) in [5.41, 5.74) is 0. The average molecular weight is 164 g/mol. The Labute approximate surface area is 66.8 Å². The summed E-state index contributed by atoms with van der Waals surface area (Å²) in [6.07, 6.45) is 0. The zero-order valence-corrected chi connectivity index (χ0v) is 7.21. The molecule has 0 aliphatic heterocycles. The first-order valence-electron chi connectivity index (χ1n) is 3.52. The first-order chi connectivity index (χ1) is 5.42. The minimum absolute atomic E-state index is 0.439. The highest BCUT2D eigenvalue weighted by atomic mass is 31.1. The van der Waals surface area contributed by atoms with Gasteiger partial charge in [-0.3, -0.25) is 0 Å². The lowest BCUT2D eigenvalue weighted by Gasteiger charge is -1.94. The van der Waals surface area contributed by atoms with E-state index in [4.69, 9.17) is 4.52 Å². The fraction of sp³-hybridized carbons (Fsp3) is 0.111. The molecular formula is C9H9OP. The second-order valence-electron chi connectivity index (χ2n) is 2.38. The zero-order valence-electron chi connectivity index (χ0n) is 6.32. The van der Waals surface area contributed by atoms with Crippen LogP contribution in [0.2, 0.25) is 0 Å². The normalized spacial score (nSPS) is 12.3. The first-order valence-corrected chi connectivity index (χ1v) is 4.85. The van der Waals surface area contributed by atoms with Gasteiger partial charge in [-0.05, 0) is 23.3 Å². The SMILES string of the molecule is COp1ccc2ccccc21. The highest BCUT2D eigenvalue weighted by Gasteiger charge is 1.98. The lowest BCUT2D eigenvalue weighted by atomic mass is 10.3. The minimum Gasteiger partial charge on any atom is -0.335 e. The van der Waals surface area contributed by atoms with Gasteiger partial charge in [0.25, 0.3) is 0 Å². The molecule has 2 rings (SSSR count). The van der Waals surface area contributed by atoms with Gasteiger partial charge >= 0.3 is 0 Å². The Hall–Kier alpha value is -0.780. The Morgan fingerprint density at radius 1 is 1.18 bits per heavy atom. The summed E-state index contributed by atoms with van der Waals surface area (Å²) in [4.78, 5) is 0. The molecule has 1 nitrogen and oxygen atoms in total. The maximum atomic E-state index is 5.32. The molecule has 1 aromatic heterocycles. The number of benzene rings is 1. The maximum absolute atomic E-state index is 5.32. The van der Waals surface area contributed by atoms with Crippen molar-refractivity contribution >= 4 is 18.3 Å². The van der Waals surface area contributed by atoms with Crippen molar-refractivity contribution in [1.29, 1.82) is 0 Å². The van der Waals surface area contributed by atoms with E-state index in [1.807, 2.05) is 0 Å². The lowest BCUT2D eigenvalue weighted by Crippen LogP contribution is -1.71. The van der Waals surface area contributed by atoms with Crippen molar-refractivity contribution in [2.45, 2.75) is 0 Å². The van der Waals surface area contributed by atoms with Crippen LogP contribution in [0.4, 0.5) is 0 Å².